The van der Waals surface area contributed by atoms with Crippen LogP contribution in [0.25, 0.3) is 11.0 Å². The first-order chi connectivity index (χ1) is 8.78. The van der Waals surface area contributed by atoms with Gasteiger partial charge in [0.15, 0.2) is 0 Å². The summed E-state index contributed by atoms with van der Waals surface area (Å²) in [5.41, 5.74) is 1.74. The smallest absolute Gasteiger partial charge is 0.125 e. The molecule has 19 heavy (non-hydrogen) atoms. The zero-order chi connectivity index (χ0) is 14.2. The molecule has 0 saturated heterocycles. The van der Waals surface area contributed by atoms with Crippen molar-refractivity contribution in [2.75, 3.05) is 0 Å². The van der Waals surface area contributed by atoms with Gasteiger partial charge in [0.2, 0.25) is 0 Å². The van der Waals surface area contributed by atoms with E-state index in [4.69, 9.17) is 0 Å². The molecule has 104 valence electrons. The van der Waals surface area contributed by atoms with Gasteiger partial charge in [-0.25, -0.2) is 9.37 Å². The summed E-state index contributed by atoms with van der Waals surface area (Å²) in [6, 6.07) is 5.01. The molecule has 4 heteroatoms. The summed E-state index contributed by atoms with van der Waals surface area (Å²) in [6.45, 7) is 11.2. The van der Waals surface area contributed by atoms with Crippen LogP contribution in [-0.2, 0) is 6.54 Å². The summed E-state index contributed by atoms with van der Waals surface area (Å²) in [5.74, 6) is 0.732. The highest BCUT2D eigenvalue weighted by Crippen LogP contribution is 2.22. The summed E-state index contributed by atoms with van der Waals surface area (Å²) >= 11 is 0. The molecule has 1 aromatic heterocycles. The Morgan fingerprint density at radius 2 is 2.00 bits per heavy atom. The normalized spacial score (nSPS) is 12.6. The number of imidazole rings is 1. The average molecular weight is 263 g/mol. The first-order valence-electron chi connectivity index (χ1n) is 6.69. The van der Waals surface area contributed by atoms with Gasteiger partial charge in [-0.05, 0) is 52.8 Å². The molecule has 2 aromatic rings. The number of hydrogen-bond acceptors (Lipinski definition) is 2. The van der Waals surface area contributed by atoms with E-state index in [0.29, 0.717) is 6.54 Å². The van der Waals surface area contributed by atoms with Gasteiger partial charge in [-0.15, -0.1) is 0 Å². The number of benzene rings is 1. The lowest BCUT2D eigenvalue weighted by atomic mass is 10.1. The van der Waals surface area contributed by atoms with Crippen molar-refractivity contribution in [2.45, 2.75) is 52.7 Å². The van der Waals surface area contributed by atoms with Crippen molar-refractivity contribution in [1.29, 1.82) is 0 Å². The van der Waals surface area contributed by atoms with Gasteiger partial charge in [-0.2, -0.15) is 0 Å². The summed E-state index contributed by atoms with van der Waals surface area (Å²) in [5, 5.41) is 3.43. The molecule has 0 spiro atoms. The molecule has 0 amide bonds. The van der Waals surface area contributed by atoms with E-state index in [-0.39, 0.29) is 17.4 Å². The Bertz CT molecular complexity index is 579. The highest BCUT2D eigenvalue weighted by atomic mass is 19.1. The van der Waals surface area contributed by atoms with E-state index in [2.05, 4.69) is 49.5 Å². The van der Waals surface area contributed by atoms with E-state index in [1.54, 1.807) is 12.1 Å². The molecule has 0 atom stereocenters. The van der Waals surface area contributed by atoms with Gasteiger partial charge in [0.25, 0.3) is 0 Å². The number of nitrogens with zero attached hydrogens (tertiary/aromatic N) is 2. The van der Waals surface area contributed by atoms with Gasteiger partial charge >= 0.3 is 0 Å². The Hall–Kier alpha value is -1.42. The largest absolute Gasteiger partial charge is 0.324 e. The topological polar surface area (TPSA) is 29.9 Å². The van der Waals surface area contributed by atoms with E-state index >= 15 is 0 Å². The maximum atomic E-state index is 13.4. The Balaban J connectivity index is 2.45. The number of nitrogens with one attached hydrogen (secondary N) is 1. The summed E-state index contributed by atoms with van der Waals surface area (Å²) < 4.78 is 15.5. The first kappa shape index (κ1) is 14.0. The van der Waals surface area contributed by atoms with Crippen LogP contribution in [-0.4, -0.2) is 15.1 Å². The van der Waals surface area contributed by atoms with Crippen LogP contribution in [0.2, 0.25) is 0 Å². The van der Waals surface area contributed by atoms with E-state index in [0.717, 1.165) is 16.9 Å². The maximum absolute atomic E-state index is 13.4. The van der Waals surface area contributed by atoms with Crippen LogP contribution in [0.3, 0.4) is 0 Å². The molecule has 2 rings (SSSR count). The minimum atomic E-state index is -0.218. The van der Waals surface area contributed by atoms with Crippen LogP contribution < -0.4 is 5.32 Å². The molecule has 0 radical (unpaired) electrons. The predicted molar refractivity (Wildman–Crippen MR) is 76.7 cm³/mol. The number of hydrogen-bond donors (Lipinski definition) is 1. The molecule has 1 aromatic carbocycles. The fourth-order valence-electron chi connectivity index (χ4n) is 2.16. The number of fused-ring (bicyclic) bond motifs is 1. The van der Waals surface area contributed by atoms with Gasteiger partial charge in [-0.3, -0.25) is 0 Å². The Morgan fingerprint density at radius 3 is 2.58 bits per heavy atom. The van der Waals surface area contributed by atoms with Crippen LogP contribution in [0.15, 0.2) is 18.2 Å². The summed E-state index contributed by atoms with van der Waals surface area (Å²) in [6.07, 6.45) is 0. The summed E-state index contributed by atoms with van der Waals surface area (Å²) in [7, 11) is 0. The number of rotatable bonds is 3. The zero-order valence-corrected chi connectivity index (χ0v) is 12.3. The van der Waals surface area contributed by atoms with Crippen LogP contribution in [0.5, 0.6) is 0 Å². The molecule has 3 nitrogen and oxygen atoms in total. The second kappa shape index (κ2) is 4.93. The van der Waals surface area contributed by atoms with Crippen molar-refractivity contribution in [3.8, 4) is 0 Å². The van der Waals surface area contributed by atoms with Gasteiger partial charge in [0.1, 0.15) is 11.6 Å². The lowest BCUT2D eigenvalue weighted by Crippen LogP contribution is -2.36. The second-order valence-corrected chi connectivity index (χ2v) is 6.23. The SMILES string of the molecule is CC(C)n1c(CNC(C)(C)C)nc2ccc(F)cc21. The third-order valence-electron chi connectivity index (χ3n) is 3.02. The molecule has 0 aliphatic carbocycles. The molecule has 0 saturated carbocycles. The van der Waals surface area contributed by atoms with Crippen LogP contribution in [0.4, 0.5) is 4.39 Å². The lowest BCUT2D eigenvalue weighted by Gasteiger charge is -2.21. The van der Waals surface area contributed by atoms with Gasteiger partial charge in [0.05, 0.1) is 17.6 Å². The molecule has 0 aliphatic heterocycles. The highest BCUT2D eigenvalue weighted by Gasteiger charge is 2.16. The Morgan fingerprint density at radius 1 is 1.32 bits per heavy atom. The second-order valence-electron chi connectivity index (χ2n) is 6.23. The predicted octanol–water partition coefficient (Wildman–Crippen LogP) is 3.64. The maximum Gasteiger partial charge on any atom is 0.125 e. The van der Waals surface area contributed by atoms with Gasteiger partial charge in [-0.1, -0.05) is 0 Å². The van der Waals surface area contributed by atoms with Crippen molar-refractivity contribution in [2.24, 2.45) is 0 Å². The van der Waals surface area contributed by atoms with Crippen molar-refractivity contribution in [3.05, 3.63) is 29.8 Å². The zero-order valence-electron chi connectivity index (χ0n) is 12.3. The third kappa shape index (κ3) is 3.13. The van der Waals surface area contributed by atoms with Crippen molar-refractivity contribution < 1.29 is 4.39 Å². The van der Waals surface area contributed by atoms with Crippen LogP contribution >= 0.6 is 0 Å². The summed E-state index contributed by atoms with van der Waals surface area (Å²) in [4.78, 5) is 4.61. The minimum Gasteiger partial charge on any atom is -0.324 e. The number of halogens is 1. The quantitative estimate of drug-likeness (QED) is 0.916. The van der Waals surface area contributed by atoms with E-state index in [1.807, 2.05) is 0 Å². The van der Waals surface area contributed by atoms with Crippen molar-refractivity contribution >= 4 is 11.0 Å². The van der Waals surface area contributed by atoms with E-state index in [9.17, 15) is 4.39 Å². The molecule has 0 fully saturated rings. The third-order valence-corrected chi connectivity index (χ3v) is 3.02. The molecule has 1 heterocycles. The molecular formula is C15H22FN3. The molecule has 1 N–H and O–H groups in total. The molecular weight excluding hydrogens is 241 g/mol. The fraction of sp³-hybridized carbons (Fsp3) is 0.533. The van der Waals surface area contributed by atoms with Crippen molar-refractivity contribution in [1.82, 2.24) is 14.9 Å². The monoisotopic (exact) mass is 263 g/mol. The van der Waals surface area contributed by atoms with Crippen molar-refractivity contribution in [3.63, 3.8) is 0 Å². The fourth-order valence-corrected chi connectivity index (χ4v) is 2.16. The van der Waals surface area contributed by atoms with Gasteiger partial charge < -0.3 is 9.88 Å². The van der Waals surface area contributed by atoms with E-state index < -0.39 is 0 Å². The number of aromatic nitrogens is 2. The van der Waals surface area contributed by atoms with Gasteiger partial charge in [0, 0.05) is 11.6 Å². The minimum absolute atomic E-state index is 0.0329. The molecule has 0 aliphatic rings. The highest BCUT2D eigenvalue weighted by molar-refractivity contribution is 5.76. The molecule has 0 bridgehead atoms. The standard InChI is InChI=1S/C15H22FN3/c1-10(2)19-13-8-11(16)6-7-12(13)18-14(19)9-17-15(3,4)5/h6-8,10,17H,9H2,1-5H3. The van der Waals surface area contributed by atoms with Crippen LogP contribution in [0.1, 0.15) is 46.5 Å². The first-order valence-corrected chi connectivity index (χ1v) is 6.69. The Labute approximate surface area is 113 Å². The average Bonchev–Trinajstić information content (AvgIpc) is 2.63. The van der Waals surface area contributed by atoms with Crippen LogP contribution in [0, 0.1) is 5.82 Å². The Kier molecular flexibility index (Phi) is 3.63. The molecule has 0 unspecified atom stereocenters. The lowest BCUT2D eigenvalue weighted by molar-refractivity contribution is 0.408. The van der Waals surface area contributed by atoms with E-state index in [1.165, 1.54) is 6.07 Å².